The predicted octanol–water partition coefficient (Wildman–Crippen LogP) is 3.88. The van der Waals surface area contributed by atoms with Crippen LogP contribution < -0.4 is 5.73 Å². The molecule has 0 atom stereocenters. The Morgan fingerprint density at radius 2 is 1.43 bits per heavy atom. The first-order chi connectivity index (χ1) is 11.1. The van der Waals surface area contributed by atoms with E-state index in [1.54, 1.807) is 4.90 Å². The lowest BCUT2D eigenvalue weighted by molar-refractivity contribution is 0.0773. The average molecular weight is 326 g/mol. The molecule has 3 nitrogen and oxygen atoms in total. The monoisotopic (exact) mass is 326 g/mol. The third kappa shape index (κ3) is 3.96. The Kier molecular flexibility index (Phi) is 5.88. The Hall–Kier alpha value is -2.20. The van der Waals surface area contributed by atoms with E-state index in [0.717, 1.165) is 16.0 Å². The van der Waals surface area contributed by atoms with Crippen molar-refractivity contribution in [3.05, 3.63) is 71.3 Å². The molecule has 0 aliphatic carbocycles. The van der Waals surface area contributed by atoms with Crippen LogP contribution in [0, 0.1) is 0 Å². The number of carbonyl (C=O) groups is 1. The van der Waals surface area contributed by atoms with Crippen molar-refractivity contribution in [1.29, 1.82) is 0 Å². The quantitative estimate of drug-likeness (QED) is 0.647. The van der Waals surface area contributed by atoms with Crippen LogP contribution in [0.15, 0.2) is 54.6 Å². The normalized spacial score (nSPS) is 11.8. The highest BCUT2D eigenvalue weighted by molar-refractivity contribution is 7.90. The van der Waals surface area contributed by atoms with Gasteiger partial charge in [-0.3, -0.25) is 4.79 Å². The number of amides is 1. The van der Waals surface area contributed by atoms with Gasteiger partial charge in [0.2, 0.25) is 0 Å². The SMILES string of the molecule is CCN(CC)C(=O)c1ccc(/C(N)=C(/S)c2ccccc2)cc1. The van der Waals surface area contributed by atoms with Gasteiger partial charge in [-0.2, -0.15) is 0 Å². The number of hydrogen-bond acceptors (Lipinski definition) is 3. The van der Waals surface area contributed by atoms with Crippen LogP contribution in [0.2, 0.25) is 0 Å². The van der Waals surface area contributed by atoms with Crippen LogP contribution in [-0.2, 0) is 0 Å². The summed E-state index contributed by atoms with van der Waals surface area (Å²) in [6, 6.07) is 17.1. The van der Waals surface area contributed by atoms with Gasteiger partial charge in [0.05, 0.1) is 5.70 Å². The molecular formula is C19H22N2OS. The summed E-state index contributed by atoms with van der Waals surface area (Å²) < 4.78 is 0. The van der Waals surface area contributed by atoms with Crippen molar-refractivity contribution in [3.63, 3.8) is 0 Å². The van der Waals surface area contributed by atoms with Crippen LogP contribution in [0.1, 0.15) is 35.3 Å². The van der Waals surface area contributed by atoms with E-state index in [9.17, 15) is 4.79 Å². The number of nitrogens with two attached hydrogens (primary N) is 1. The maximum absolute atomic E-state index is 12.3. The topological polar surface area (TPSA) is 46.3 Å². The minimum absolute atomic E-state index is 0.0401. The summed E-state index contributed by atoms with van der Waals surface area (Å²) in [4.78, 5) is 14.8. The van der Waals surface area contributed by atoms with E-state index in [2.05, 4.69) is 12.6 Å². The second-order valence-corrected chi connectivity index (χ2v) is 5.63. The fourth-order valence-electron chi connectivity index (χ4n) is 2.37. The molecule has 0 aliphatic heterocycles. The molecule has 2 aromatic rings. The highest BCUT2D eigenvalue weighted by Gasteiger charge is 2.12. The molecule has 0 heterocycles. The highest BCUT2D eigenvalue weighted by atomic mass is 32.1. The van der Waals surface area contributed by atoms with Gasteiger partial charge in [0, 0.05) is 23.6 Å². The maximum atomic E-state index is 12.3. The minimum Gasteiger partial charge on any atom is -0.397 e. The zero-order valence-corrected chi connectivity index (χ0v) is 14.4. The van der Waals surface area contributed by atoms with Crippen molar-refractivity contribution in [2.45, 2.75) is 13.8 Å². The summed E-state index contributed by atoms with van der Waals surface area (Å²) >= 11 is 4.53. The van der Waals surface area contributed by atoms with E-state index in [1.807, 2.05) is 68.4 Å². The number of rotatable bonds is 5. The maximum Gasteiger partial charge on any atom is 0.253 e. The van der Waals surface area contributed by atoms with Gasteiger partial charge in [0.1, 0.15) is 0 Å². The lowest BCUT2D eigenvalue weighted by Crippen LogP contribution is -2.30. The van der Waals surface area contributed by atoms with Crippen LogP contribution in [0.4, 0.5) is 0 Å². The molecule has 0 saturated heterocycles. The van der Waals surface area contributed by atoms with Gasteiger partial charge in [0.15, 0.2) is 0 Å². The third-order valence-electron chi connectivity index (χ3n) is 3.80. The summed E-state index contributed by atoms with van der Waals surface area (Å²) in [5.41, 5.74) is 9.31. The van der Waals surface area contributed by atoms with Crippen LogP contribution in [0.25, 0.3) is 10.6 Å². The molecule has 2 aromatic carbocycles. The molecule has 4 heteroatoms. The van der Waals surface area contributed by atoms with Crippen molar-refractivity contribution in [3.8, 4) is 0 Å². The summed E-state index contributed by atoms with van der Waals surface area (Å²) in [5.74, 6) is 0.0401. The molecule has 0 fully saturated rings. The molecule has 0 spiro atoms. The van der Waals surface area contributed by atoms with Gasteiger partial charge < -0.3 is 10.6 Å². The molecule has 120 valence electrons. The average Bonchev–Trinajstić information content (AvgIpc) is 2.62. The van der Waals surface area contributed by atoms with Crippen LogP contribution >= 0.6 is 12.6 Å². The standard InChI is InChI=1S/C19H22N2OS/c1-3-21(4-2)19(22)16-12-10-14(11-13-16)17(20)18(23)15-8-6-5-7-9-15/h5-13,23H,3-4,20H2,1-2H3/b18-17-. The van der Waals surface area contributed by atoms with Crippen molar-refractivity contribution in [2.75, 3.05) is 13.1 Å². The Morgan fingerprint density at radius 3 is 1.96 bits per heavy atom. The fourth-order valence-corrected chi connectivity index (χ4v) is 2.65. The van der Waals surface area contributed by atoms with Crippen LogP contribution in [-0.4, -0.2) is 23.9 Å². The Labute approximate surface area is 143 Å². The second kappa shape index (κ2) is 7.88. The Morgan fingerprint density at radius 1 is 0.913 bits per heavy atom. The molecule has 1 amide bonds. The minimum atomic E-state index is 0.0401. The van der Waals surface area contributed by atoms with Crippen molar-refractivity contribution in [2.24, 2.45) is 5.73 Å². The zero-order chi connectivity index (χ0) is 16.8. The third-order valence-corrected chi connectivity index (χ3v) is 4.29. The van der Waals surface area contributed by atoms with E-state index < -0.39 is 0 Å². The molecule has 2 N–H and O–H groups in total. The van der Waals surface area contributed by atoms with Gasteiger partial charge >= 0.3 is 0 Å². The van der Waals surface area contributed by atoms with Crippen LogP contribution in [0.3, 0.4) is 0 Å². The van der Waals surface area contributed by atoms with Crippen LogP contribution in [0.5, 0.6) is 0 Å². The zero-order valence-electron chi connectivity index (χ0n) is 13.5. The van der Waals surface area contributed by atoms with Gasteiger partial charge in [-0.05, 0) is 37.1 Å². The summed E-state index contributed by atoms with van der Waals surface area (Å²) in [6.07, 6.45) is 0. The first kappa shape index (κ1) is 17.2. The smallest absolute Gasteiger partial charge is 0.253 e. The van der Waals surface area contributed by atoms with Gasteiger partial charge in [-0.1, -0.05) is 42.5 Å². The molecule has 0 unspecified atom stereocenters. The Balaban J connectivity index is 2.27. The summed E-state index contributed by atoms with van der Waals surface area (Å²) in [6.45, 7) is 5.36. The number of thiol groups is 1. The van der Waals surface area contributed by atoms with Gasteiger partial charge in [-0.15, -0.1) is 12.6 Å². The predicted molar refractivity (Wildman–Crippen MR) is 100 cm³/mol. The molecule has 0 aliphatic rings. The first-order valence-corrected chi connectivity index (χ1v) is 8.17. The Bertz CT molecular complexity index is 689. The van der Waals surface area contributed by atoms with Gasteiger partial charge in [-0.25, -0.2) is 0 Å². The summed E-state index contributed by atoms with van der Waals surface area (Å²) in [5, 5.41) is 0. The van der Waals surface area contributed by atoms with E-state index in [1.165, 1.54) is 0 Å². The molecule has 0 saturated carbocycles. The number of carbonyl (C=O) groups excluding carboxylic acids is 1. The number of nitrogens with zero attached hydrogens (tertiary/aromatic N) is 1. The highest BCUT2D eigenvalue weighted by Crippen LogP contribution is 2.26. The van der Waals surface area contributed by atoms with Crippen molar-refractivity contribution < 1.29 is 4.79 Å². The molecule has 23 heavy (non-hydrogen) atoms. The molecular weight excluding hydrogens is 304 g/mol. The van der Waals surface area contributed by atoms with Gasteiger partial charge in [0.25, 0.3) is 5.91 Å². The van der Waals surface area contributed by atoms with E-state index in [0.29, 0.717) is 24.4 Å². The fraction of sp³-hybridized carbons (Fsp3) is 0.211. The van der Waals surface area contributed by atoms with E-state index in [4.69, 9.17) is 5.73 Å². The largest absolute Gasteiger partial charge is 0.397 e. The second-order valence-electron chi connectivity index (χ2n) is 5.18. The molecule has 0 bridgehead atoms. The van der Waals surface area contributed by atoms with E-state index >= 15 is 0 Å². The number of hydrogen-bond donors (Lipinski definition) is 2. The first-order valence-electron chi connectivity index (χ1n) is 7.72. The van der Waals surface area contributed by atoms with Crippen molar-refractivity contribution in [1.82, 2.24) is 4.90 Å². The lowest BCUT2D eigenvalue weighted by Gasteiger charge is -2.18. The van der Waals surface area contributed by atoms with E-state index in [-0.39, 0.29) is 5.91 Å². The molecule has 2 rings (SSSR count). The number of benzene rings is 2. The summed E-state index contributed by atoms with van der Waals surface area (Å²) in [7, 11) is 0. The molecule has 0 radical (unpaired) electrons. The lowest BCUT2D eigenvalue weighted by atomic mass is 10.1. The van der Waals surface area contributed by atoms with Crippen molar-refractivity contribution >= 4 is 29.1 Å². The molecule has 0 aromatic heterocycles.